The molecule has 0 radical (unpaired) electrons. The van der Waals surface area contributed by atoms with Gasteiger partial charge in [0.2, 0.25) is 0 Å². The smallest absolute Gasteiger partial charge is 0.253 e. The number of aliphatic hydroxyl groups is 1. The summed E-state index contributed by atoms with van der Waals surface area (Å²) in [4.78, 5) is 16.4. The van der Waals surface area contributed by atoms with Gasteiger partial charge in [0, 0.05) is 31.7 Å². The third-order valence-electron chi connectivity index (χ3n) is 3.46. The lowest BCUT2D eigenvalue weighted by molar-refractivity contribution is 0.0760. The third kappa shape index (κ3) is 3.85. The van der Waals surface area contributed by atoms with Crippen molar-refractivity contribution in [2.45, 2.75) is 6.42 Å². The van der Waals surface area contributed by atoms with Crippen molar-refractivity contribution < 1.29 is 9.90 Å². The first-order chi connectivity index (χ1) is 9.61. The highest BCUT2D eigenvalue weighted by Crippen LogP contribution is 2.23. The highest BCUT2D eigenvalue weighted by atomic mass is 35.5. The van der Waals surface area contributed by atoms with Gasteiger partial charge in [-0.3, -0.25) is 9.69 Å². The van der Waals surface area contributed by atoms with Crippen LogP contribution in [-0.2, 0) is 0 Å². The number of amides is 1. The van der Waals surface area contributed by atoms with Crippen LogP contribution in [0.5, 0.6) is 0 Å². The number of nitrogens with zero attached hydrogens (tertiary/aromatic N) is 2. The van der Waals surface area contributed by atoms with Crippen LogP contribution in [0.25, 0.3) is 0 Å². The summed E-state index contributed by atoms with van der Waals surface area (Å²) in [5, 5.41) is 9.82. The normalized spacial score (nSPS) is 17.1. The Morgan fingerprint density at radius 1 is 1.15 bits per heavy atom. The fraction of sp³-hybridized carbons (Fsp3) is 0.500. The Morgan fingerprint density at radius 2 is 1.95 bits per heavy atom. The van der Waals surface area contributed by atoms with Crippen LogP contribution in [0.1, 0.15) is 16.8 Å². The second-order valence-electron chi connectivity index (χ2n) is 4.84. The largest absolute Gasteiger partial charge is 0.395 e. The molecule has 1 aromatic carbocycles. The maximum Gasteiger partial charge on any atom is 0.253 e. The Bertz CT molecular complexity index is 482. The Balaban J connectivity index is 2.03. The van der Waals surface area contributed by atoms with E-state index < -0.39 is 0 Å². The van der Waals surface area contributed by atoms with E-state index in [4.69, 9.17) is 28.3 Å². The Morgan fingerprint density at radius 3 is 2.65 bits per heavy atom. The summed E-state index contributed by atoms with van der Waals surface area (Å²) in [6.07, 6.45) is 0.910. The minimum Gasteiger partial charge on any atom is -0.395 e. The number of benzene rings is 1. The number of aliphatic hydroxyl groups excluding tert-OH is 1. The van der Waals surface area contributed by atoms with E-state index in [0.717, 1.165) is 26.1 Å². The average Bonchev–Trinajstić information content (AvgIpc) is 2.67. The van der Waals surface area contributed by atoms with Crippen LogP contribution >= 0.6 is 23.2 Å². The van der Waals surface area contributed by atoms with Crippen molar-refractivity contribution in [2.75, 3.05) is 39.3 Å². The zero-order valence-electron chi connectivity index (χ0n) is 11.2. The molecule has 1 aliphatic heterocycles. The Kier molecular flexibility index (Phi) is 5.66. The lowest BCUT2D eigenvalue weighted by atomic mass is 10.2. The van der Waals surface area contributed by atoms with Gasteiger partial charge in [0.1, 0.15) is 0 Å². The van der Waals surface area contributed by atoms with E-state index in [2.05, 4.69) is 4.90 Å². The minimum absolute atomic E-state index is 0.0191. The van der Waals surface area contributed by atoms with Crippen molar-refractivity contribution in [2.24, 2.45) is 0 Å². The van der Waals surface area contributed by atoms with Crippen LogP contribution in [0.3, 0.4) is 0 Å². The van der Waals surface area contributed by atoms with Gasteiger partial charge in [-0.2, -0.15) is 0 Å². The standard InChI is InChI=1S/C14H18Cl2N2O2/c15-12-3-2-11(10-13(12)16)14(20)18-5-1-4-17(6-7-18)8-9-19/h2-3,10,19H,1,4-9H2. The fourth-order valence-corrected chi connectivity index (χ4v) is 2.65. The molecule has 0 aliphatic carbocycles. The predicted octanol–water partition coefficient (Wildman–Crippen LogP) is 2.13. The van der Waals surface area contributed by atoms with Crippen LogP contribution < -0.4 is 0 Å². The molecule has 2 rings (SSSR count). The van der Waals surface area contributed by atoms with E-state index in [9.17, 15) is 4.79 Å². The molecule has 110 valence electrons. The molecule has 1 saturated heterocycles. The molecule has 0 saturated carbocycles. The van der Waals surface area contributed by atoms with Crippen LogP contribution in [-0.4, -0.2) is 60.1 Å². The molecular weight excluding hydrogens is 299 g/mol. The lowest BCUT2D eigenvalue weighted by Crippen LogP contribution is -2.35. The van der Waals surface area contributed by atoms with Crippen LogP contribution in [0.15, 0.2) is 18.2 Å². The summed E-state index contributed by atoms with van der Waals surface area (Å²) < 4.78 is 0. The Labute approximate surface area is 128 Å². The zero-order valence-corrected chi connectivity index (χ0v) is 12.7. The second kappa shape index (κ2) is 7.27. The van der Waals surface area contributed by atoms with Gasteiger partial charge in [0.15, 0.2) is 0 Å². The van der Waals surface area contributed by atoms with Gasteiger partial charge in [0.05, 0.1) is 16.7 Å². The molecule has 0 spiro atoms. The van der Waals surface area contributed by atoms with Gasteiger partial charge < -0.3 is 10.0 Å². The van der Waals surface area contributed by atoms with Gasteiger partial charge >= 0.3 is 0 Å². The van der Waals surface area contributed by atoms with Crippen molar-refractivity contribution >= 4 is 29.1 Å². The van der Waals surface area contributed by atoms with Gasteiger partial charge in [-0.05, 0) is 31.2 Å². The Hall–Kier alpha value is -0.810. The fourth-order valence-electron chi connectivity index (χ4n) is 2.35. The molecule has 1 N–H and O–H groups in total. The molecule has 0 aromatic heterocycles. The number of carbonyl (C=O) groups is 1. The quantitative estimate of drug-likeness (QED) is 0.929. The molecule has 0 bridgehead atoms. The van der Waals surface area contributed by atoms with Crippen molar-refractivity contribution in [3.05, 3.63) is 33.8 Å². The maximum absolute atomic E-state index is 12.4. The molecule has 0 atom stereocenters. The first kappa shape index (κ1) is 15.6. The predicted molar refractivity (Wildman–Crippen MR) is 80.5 cm³/mol. The summed E-state index contributed by atoms with van der Waals surface area (Å²) in [7, 11) is 0. The van der Waals surface area contributed by atoms with E-state index in [-0.39, 0.29) is 12.5 Å². The molecule has 1 amide bonds. The number of β-amino-alcohol motifs (C(OH)–C–C–N with tert-alkyl or cyclic N) is 1. The van der Waals surface area contributed by atoms with Crippen LogP contribution in [0, 0.1) is 0 Å². The number of carbonyl (C=O) groups excluding carboxylic acids is 1. The summed E-state index contributed by atoms with van der Waals surface area (Å²) in [6.45, 7) is 3.90. The third-order valence-corrected chi connectivity index (χ3v) is 4.20. The minimum atomic E-state index is -0.0191. The first-order valence-electron chi connectivity index (χ1n) is 6.69. The van der Waals surface area contributed by atoms with Crippen LogP contribution in [0.2, 0.25) is 10.0 Å². The molecular formula is C14H18Cl2N2O2. The van der Waals surface area contributed by atoms with E-state index in [1.54, 1.807) is 18.2 Å². The van der Waals surface area contributed by atoms with Gasteiger partial charge in [-0.15, -0.1) is 0 Å². The summed E-state index contributed by atoms with van der Waals surface area (Å²) in [5.74, 6) is -0.0191. The molecule has 4 nitrogen and oxygen atoms in total. The SMILES string of the molecule is O=C(c1ccc(Cl)c(Cl)c1)N1CCCN(CCO)CC1. The highest BCUT2D eigenvalue weighted by Gasteiger charge is 2.20. The molecule has 6 heteroatoms. The van der Waals surface area contributed by atoms with Gasteiger partial charge in [0.25, 0.3) is 5.91 Å². The maximum atomic E-state index is 12.4. The lowest BCUT2D eigenvalue weighted by Gasteiger charge is -2.21. The number of hydrogen-bond acceptors (Lipinski definition) is 3. The van der Waals surface area contributed by atoms with Crippen LogP contribution in [0.4, 0.5) is 0 Å². The van der Waals surface area contributed by atoms with Crippen molar-refractivity contribution in [1.82, 2.24) is 9.80 Å². The summed E-state index contributed by atoms with van der Waals surface area (Å²) in [5.41, 5.74) is 0.565. The number of rotatable bonds is 3. The highest BCUT2D eigenvalue weighted by molar-refractivity contribution is 6.42. The molecule has 0 unspecified atom stereocenters. The number of hydrogen-bond donors (Lipinski definition) is 1. The summed E-state index contributed by atoms with van der Waals surface area (Å²) >= 11 is 11.8. The van der Waals surface area contributed by atoms with Crippen molar-refractivity contribution in [1.29, 1.82) is 0 Å². The second-order valence-corrected chi connectivity index (χ2v) is 5.65. The summed E-state index contributed by atoms with van der Waals surface area (Å²) in [6, 6.07) is 4.96. The van der Waals surface area contributed by atoms with Crippen molar-refractivity contribution in [3.63, 3.8) is 0 Å². The molecule has 1 heterocycles. The van der Waals surface area contributed by atoms with Crippen molar-refractivity contribution in [3.8, 4) is 0 Å². The number of halogens is 2. The first-order valence-corrected chi connectivity index (χ1v) is 7.45. The molecule has 1 fully saturated rings. The topological polar surface area (TPSA) is 43.8 Å². The zero-order chi connectivity index (χ0) is 14.5. The van der Waals surface area contributed by atoms with E-state index >= 15 is 0 Å². The van der Waals surface area contributed by atoms with E-state index in [0.29, 0.717) is 28.7 Å². The molecule has 1 aromatic rings. The molecule has 20 heavy (non-hydrogen) atoms. The van der Waals surface area contributed by atoms with Gasteiger partial charge in [-0.1, -0.05) is 23.2 Å². The molecule has 1 aliphatic rings. The van der Waals surface area contributed by atoms with E-state index in [1.165, 1.54) is 0 Å². The van der Waals surface area contributed by atoms with E-state index in [1.807, 2.05) is 4.90 Å². The monoisotopic (exact) mass is 316 g/mol. The van der Waals surface area contributed by atoms with Gasteiger partial charge in [-0.25, -0.2) is 0 Å². The average molecular weight is 317 g/mol.